The lowest BCUT2D eigenvalue weighted by molar-refractivity contribution is 0.383. The summed E-state index contributed by atoms with van der Waals surface area (Å²) in [6.07, 6.45) is 0. The molecule has 1 aliphatic heterocycles. The second kappa shape index (κ2) is 8.37. The molecule has 0 spiro atoms. The van der Waals surface area contributed by atoms with Crippen molar-refractivity contribution in [3.05, 3.63) is 66.5 Å². The molecule has 30 heavy (non-hydrogen) atoms. The van der Waals surface area contributed by atoms with E-state index in [-0.39, 0.29) is 4.90 Å². The van der Waals surface area contributed by atoms with Gasteiger partial charge in [0.15, 0.2) is 5.82 Å². The first kappa shape index (κ1) is 20.2. The Kier molecular flexibility index (Phi) is 5.65. The molecule has 156 valence electrons. The number of methoxy groups -OCH3 is 1. The normalized spacial score (nSPS) is 15.2. The van der Waals surface area contributed by atoms with Crippen molar-refractivity contribution in [2.75, 3.05) is 38.2 Å². The van der Waals surface area contributed by atoms with Gasteiger partial charge in [0.25, 0.3) is 0 Å². The van der Waals surface area contributed by atoms with Crippen LogP contribution in [0, 0.1) is 5.82 Å². The Morgan fingerprint density at radius 1 is 0.933 bits per heavy atom. The minimum atomic E-state index is -3.64. The zero-order chi connectivity index (χ0) is 21.1. The number of ether oxygens (including phenoxy) is 1. The average Bonchev–Trinajstić information content (AvgIpc) is 2.79. The number of sulfonamides is 1. The zero-order valence-corrected chi connectivity index (χ0v) is 17.2. The van der Waals surface area contributed by atoms with E-state index in [0.29, 0.717) is 32.0 Å². The summed E-state index contributed by atoms with van der Waals surface area (Å²) in [6.45, 7) is 1.62. The summed E-state index contributed by atoms with van der Waals surface area (Å²) < 4.78 is 45.2. The molecule has 9 heteroatoms. The number of rotatable bonds is 5. The highest BCUT2D eigenvalue weighted by molar-refractivity contribution is 7.89. The molecular formula is C21H21FN4O3S. The van der Waals surface area contributed by atoms with Crippen molar-refractivity contribution in [2.24, 2.45) is 0 Å². The number of benzene rings is 2. The second-order valence-corrected chi connectivity index (χ2v) is 8.79. The van der Waals surface area contributed by atoms with E-state index in [0.717, 1.165) is 29.1 Å². The molecule has 0 saturated carbocycles. The van der Waals surface area contributed by atoms with Gasteiger partial charge in [0.1, 0.15) is 11.6 Å². The van der Waals surface area contributed by atoms with Gasteiger partial charge < -0.3 is 9.64 Å². The first-order chi connectivity index (χ1) is 14.5. The Balaban J connectivity index is 1.43. The standard InChI is InChI=1S/C21H21FN4O3S/c1-29-18-4-2-3-16(15-18)20-9-10-21(24-23-20)25-11-13-26(14-12-25)30(27,28)19-7-5-17(22)6-8-19/h2-10,15H,11-14H2,1H3. The molecule has 0 N–H and O–H groups in total. The van der Waals surface area contributed by atoms with Crippen molar-refractivity contribution >= 4 is 15.8 Å². The molecule has 1 fully saturated rings. The lowest BCUT2D eigenvalue weighted by atomic mass is 10.1. The Labute approximate surface area is 174 Å². The summed E-state index contributed by atoms with van der Waals surface area (Å²) in [4.78, 5) is 2.10. The average molecular weight is 428 g/mol. The van der Waals surface area contributed by atoms with Crippen LogP contribution in [-0.4, -0.2) is 56.2 Å². The monoisotopic (exact) mass is 428 g/mol. The fourth-order valence-electron chi connectivity index (χ4n) is 3.34. The second-order valence-electron chi connectivity index (χ2n) is 6.85. The van der Waals surface area contributed by atoms with E-state index in [9.17, 15) is 12.8 Å². The number of hydrogen-bond acceptors (Lipinski definition) is 6. The molecular weight excluding hydrogens is 407 g/mol. The predicted molar refractivity (Wildman–Crippen MR) is 111 cm³/mol. The van der Waals surface area contributed by atoms with Crippen molar-refractivity contribution < 1.29 is 17.5 Å². The minimum absolute atomic E-state index is 0.0970. The number of aromatic nitrogens is 2. The van der Waals surface area contributed by atoms with Crippen LogP contribution in [0.25, 0.3) is 11.3 Å². The van der Waals surface area contributed by atoms with Crippen LogP contribution in [0.2, 0.25) is 0 Å². The Morgan fingerprint density at radius 2 is 1.67 bits per heavy atom. The van der Waals surface area contributed by atoms with Crippen LogP contribution in [0.1, 0.15) is 0 Å². The highest BCUT2D eigenvalue weighted by Gasteiger charge is 2.29. The maximum atomic E-state index is 13.1. The predicted octanol–water partition coefficient (Wildman–Crippen LogP) is 2.80. The maximum absolute atomic E-state index is 13.1. The van der Waals surface area contributed by atoms with Gasteiger partial charge in [-0.1, -0.05) is 12.1 Å². The molecule has 0 bridgehead atoms. The molecule has 0 aliphatic carbocycles. The molecule has 2 aromatic carbocycles. The van der Waals surface area contributed by atoms with Gasteiger partial charge in [-0.2, -0.15) is 4.31 Å². The van der Waals surface area contributed by atoms with E-state index in [1.807, 2.05) is 41.3 Å². The van der Waals surface area contributed by atoms with Crippen LogP contribution >= 0.6 is 0 Å². The van der Waals surface area contributed by atoms with E-state index in [1.165, 1.54) is 16.4 Å². The van der Waals surface area contributed by atoms with Gasteiger partial charge in [-0.3, -0.25) is 0 Å². The molecule has 4 rings (SSSR count). The van der Waals surface area contributed by atoms with Gasteiger partial charge in [0.05, 0.1) is 17.7 Å². The number of anilines is 1. The van der Waals surface area contributed by atoms with E-state index >= 15 is 0 Å². The van der Waals surface area contributed by atoms with E-state index in [2.05, 4.69) is 10.2 Å². The van der Waals surface area contributed by atoms with Gasteiger partial charge in [0, 0.05) is 31.7 Å². The van der Waals surface area contributed by atoms with Crippen molar-refractivity contribution in [3.8, 4) is 17.0 Å². The molecule has 0 amide bonds. The molecule has 1 aliphatic rings. The van der Waals surface area contributed by atoms with Crippen LogP contribution in [0.3, 0.4) is 0 Å². The molecule has 7 nitrogen and oxygen atoms in total. The number of piperazine rings is 1. The van der Waals surface area contributed by atoms with E-state index in [1.54, 1.807) is 7.11 Å². The molecule has 0 atom stereocenters. The lowest BCUT2D eigenvalue weighted by Gasteiger charge is -2.34. The fourth-order valence-corrected chi connectivity index (χ4v) is 4.77. The third-order valence-corrected chi connectivity index (χ3v) is 6.94. The highest BCUT2D eigenvalue weighted by atomic mass is 32.2. The van der Waals surface area contributed by atoms with Gasteiger partial charge >= 0.3 is 0 Å². The SMILES string of the molecule is COc1cccc(-c2ccc(N3CCN(S(=O)(=O)c4ccc(F)cc4)CC3)nn2)c1. The van der Waals surface area contributed by atoms with E-state index < -0.39 is 15.8 Å². The van der Waals surface area contributed by atoms with Crippen LogP contribution in [0.5, 0.6) is 5.75 Å². The zero-order valence-electron chi connectivity index (χ0n) is 16.4. The summed E-state index contributed by atoms with van der Waals surface area (Å²) in [5.74, 6) is 0.979. The number of nitrogens with zero attached hydrogens (tertiary/aromatic N) is 4. The fraction of sp³-hybridized carbons (Fsp3) is 0.238. The van der Waals surface area contributed by atoms with Crippen LogP contribution in [0.15, 0.2) is 65.6 Å². The Hall–Kier alpha value is -3.04. The van der Waals surface area contributed by atoms with E-state index in [4.69, 9.17) is 4.74 Å². The van der Waals surface area contributed by atoms with Gasteiger partial charge in [-0.15, -0.1) is 10.2 Å². The summed E-state index contributed by atoms with van der Waals surface area (Å²) >= 11 is 0. The van der Waals surface area contributed by atoms with Crippen molar-refractivity contribution in [1.29, 1.82) is 0 Å². The summed E-state index contributed by atoms with van der Waals surface area (Å²) in [6, 6.07) is 16.2. The van der Waals surface area contributed by atoms with Gasteiger partial charge in [-0.05, 0) is 48.5 Å². The molecule has 1 saturated heterocycles. The Morgan fingerprint density at radius 3 is 2.30 bits per heavy atom. The third-order valence-electron chi connectivity index (χ3n) is 5.03. The number of halogens is 1. The van der Waals surface area contributed by atoms with Gasteiger partial charge in [0.2, 0.25) is 10.0 Å². The lowest BCUT2D eigenvalue weighted by Crippen LogP contribution is -2.49. The van der Waals surface area contributed by atoms with Crippen molar-refractivity contribution in [2.45, 2.75) is 4.90 Å². The first-order valence-electron chi connectivity index (χ1n) is 9.46. The molecule has 0 unspecified atom stereocenters. The topological polar surface area (TPSA) is 75.6 Å². The summed E-state index contributed by atoms with van der Waals surface area (Å²) in [5.41, 5.74) is 1.64. The molecule has 0 radical (unpaired) electrons. The maximum Gasteiger partial charge on any atom is 0.243 e. The molecule has 1 aromatic heterocycles. The molecule has 3 aromatic rings. The summed E-state index contributed by atoms with van der Waals surface area (Å²) in [7, 11) is -2.03. The first-order valence-corrected chi connectivity index (χ1v) is 10.9. The van der Waals surface area contributed by atoms with Gasteiger partial charge in [-0.25, -0.2) is 12.8 Å². The largest absolute Gasteiger partial charge is 0.497 e. The quantitative estimate of drug-likeness (QED) is 0.622. The van der Waals surface area contributed by atoms with Crippen LogP contribution in [0.4, 0.5) is 10.2 Å². The molecule has 2 heterocycles. The smallest absolute Gasteiger partial charge is 0.243 e. The van der Waals surface area contributed by atoms with Crippen molar-refractivity contribution in [1.82, 2.24) is 14.5 Å². The number of hydrogen-bond donors (Lipinski definition) is 0. The highest BCUT2D eigenvalue weighted by Crippen LogP contribution is 2.24. The third kappa shape index (κ3) is 4.12. The van der Waals surface area contributed by atoms with Crippen LogP contribution < -0.4 is 9.64 Å². The van der Waals surface area contributed by atoms with Crippen LogP contribution in [-0.2, 0) is 10.0 Å². The minimum Gasteiger partial charge on any atom is -0.497 e. The Bertz CT molecular complexity index is 1110. The van der Waals surface area contributed by atoms with Crippen molar-refractivity contribution in [3.63, 3.8) is 0 Å². The summed E-state index contributed by atoms with van der Waals surface area (Å²) in [5, 5.41) is 8.62.